The molecule has 6 heteroatoms. The Morgan fingerprint density at radius 1 is 1.30 bits per heavy atom. The number of likely N-dealkylation sites (tertiary alicyclic amines) is 1. The number of hydrogen-bond acceptors (Lipinski definition) is 3. The summed E-state index contributed by atoms with van der Waals surface area (Å²) in [6.45, 7) is 5.43. The van der Waals surface area contributed by atoms with Crippen LogP contribution in [0.1, 0.15) is 48.1 Å². The van der Waals surface area contributed by atoms with Gasteiger partial charge in [0.2, 0.25) is 5.91 Å². The van der Waals surface area contributed by atoms with E-state index >= 15 is 4.39 Å². The topological polar surface area (TPSA) is 36.4 Å². The SMILES string of the molecule is Cc1cccnc1CN(C)C(=O)C1CC(F)(c2ccc(CN3CCCC3)c(Cl)c2)C1. The highest BCUT2D eigenvalue weighted by Crippen LogP contribution is 2.50. The Balaban J connectivity index is 1.36. The summed E-state index contributed by atoms with van der Waals surface area (Å²) in [5.74, 6) is -0.322. The molecule has 1 aliphatic carbocycles. The summed E-state index contributed by atoms with van der Waals surface area (Å²) in [4.78, 5) is 21.2. The summed E-state index contributed by atoms with van der Waals surface area (Å²) in [7, 11) is 1.76. The molecular formula is C24H29ClFN3O. The molecule has 1 amide bonds. The molecule has 2 fully saturated rings. The summed E-state index contributed by atoms with van der Waals surface area (Å²) in [5, 5.41) is 0.619. The average Bonchev–Trinajstić information content (AvgIpc) is 3.21. The summed E-state index contributed by atoms with van der Waals surface area (Å²) >= 11 is 6.47. The normalized spacial score (nSPS) is 23.9. The first-order chi connectivity index (χ1) is 14.4. The highest BCUT2D eigenvalue weighted by Gasteiger charge is 2.50. The van der Waals surface area contributed by atoms with Crippen LogP contribution in [0, 0.1) is 12.8 Å². The fraction of sp³-hybridized carbons (Fsp3) is 0.500. The van der Waals surface area contributed by atoms with Crippen LogP contribution in [0.5, 0.6) is 0 Å². The third-order valence-corrected chi connectivity index (χ3v) is 6.89. The molecule has 0 bridgehead atoms. The number of rotatable bonds is 6. The Kier molecular flexibility index (Phi) is 6.12. The van der Waals surface area contributed by atoms with Crippen molar-refractivity contribution in [2.75, 3.05) is 20.1 Å². The molecule has 2 aromatic rings. The second-order valence-corrected chi connectivity index (χ2v) is 9.23. The van der Waals surface area contributed by atoms with E-state index in [2.05, 4.69) is 9.88 Å². The zero-order valence-electron chi connectivity index (χ0n) is 17.7. The molecule has 160 valence electrons. The van der Waals surface area contributed by atoms with Gasteiger partial charge in [0, 0.05) is 30.7 Å². The fourth-order valence-corrected chi connectivity index (χ4v) is 4.81. The second kappa shape index (κ2) is 8.64. The van der Waals surface area contributed by atoms with Gasteiger partial charge in [0.1, 0.15) is 5.67 Å². The van der Waals surface area contributed by atoms with Crippen LogP contribution in [0.4, 0.5) is 4.39 Å². The molecule has 0 radical (unpaired) electrons. The first kappa shape index (κ1) is 21.3. The quantitative estimate of drug-likeness (QED) is 0.657. The third kappa shape index (κ3) is 4.37. The molecule has 1 saturated heterocycles. The number of carbonyl (C=O) groups excluding carboxylic acids is 1. The maximum atomic E-state index is 15.5. The molecule has 4 rings (SSSR count). The lowest BCUT2D eigenvalue weighted by Crippen LogP contribution is -2.46. The number of benzene rings is 1. The number of halogens is 2. The van der Waals surface area contributed by atoms with Gasteiger partial charge in [-0.3, -0.25) is 14.7 Å². The number of pyridine rings is 1. The zero-order valence-corrected chi connectivity index (χ0v) is 18.5. The molecule has 0 unspecified atom stereocenters. The predicted molar refractivity (Wildman–Crippen MR) is 117 cm³/mol. The number of amides is 1. The Labute approximate surface area is 183 Å². The van der Waals surface area contributed by atoms with Gasteiger partial charge in [0.05, 0.1) is 12.2 Å². The van der Waals surface area contributed by atoms with Crippen LogP contribution in [0.15, 0.2) is 36.5 Å². The lowest BCUT2D eigenvalue weighted by Gasteiger charge is -2.42. The van der Waals surface area contributed by atoms with Gasteiger partial charge in [-0.05, 0) is 74.5 Å². The van der Waals surface area contributed by atoms with Gasteiger partial charge in [-0.25, -0.2) is 4.39 Å². The number of aromatic nitrogens is 1. The van der Waals surface area contributed by atoms with Crippen molar-refractivity contribution in [3.05, 3.63) is 63.9 Å². The van der Waals surface area contributed by atoms with E-state index in [9.17, 15) is 4.79 Å². The van der Waals surface area contributed by atoms with Gasteiger partial charge in [0.25, 0.3) is 0 Å². The summed E-state index contributed by atoms with van der Waals surface area (Å²) in [6, 6.07) is 9.41. The van der Waals surface area contributed by atoms with Gasteiger partial charge in [-0.1, -0.05) is 29.8 Å². The van der Waals surface area contributed by atoms with Gasteiger partial charge >= 0.3 is 0 Å². The molecule has 1 saturated carbocycles. The summed E-state index contributed by atoms with van der Waals surface area (Å²) in [6.07, 6.45) is 4.60. The lowest BCUT2D eigenvalue weighted by atomic mass is 9.68. The number of hydrogen-bond donors (Lipinski definition) is 0. The number of aryl methyl sites for hydroxylation is 1. The Bertz CT molecular complexity index is 922. The van der Waals surface area contributed by atoms with Crippen molar-refractivity contribution in [3.8, 4) is 0 Å². The molecule has 2 heterocycles. The molecule has 0 N–H and O–H groups in total. The maximum Gasteiger partial charge on any atom is 0.226 e. The van der Waals surface area contributed by atoms with Crippen LogP contribution in [-0.2, 0) is 23.6 Å². The Hall–Kier alpha value is -1.98. The number of alkyl halides is 1. The first-order valence-electron chi connectivity index (χ1n) is 10.7. The molecule has 1 aromatic heterocycles. The van der Waals surface area contributed by atoms with E-state index < -0.39 is 5.67 Å². The number of nitrogens with zero attached hydrogens (tertiary/aromatic N) is 3. The van der Waals surface area contributed by atoms with Crippen molar-refractivity contribution in [2.24, 2.45) is 5.92 Å². The van der Waals surface area contributed by atoms with E-state index in [-0.39, 0.29) is 24.7 Å². The van der Waals surface area contributed by atoms with Crippen molar-refractivity contribution in [2.45, 2.75) is 51.4 Å². The van der Waals surface area contributed by atoms with Gasteiger partial charge in [0.15, 0.2) is 0 Å². The van der Waals surface area contributed by atoms with Gasteiger partial charge in [-0.2, -0.15) is 0 Å². The molecule has 0 spiro atoms. The van der Waals surface area contributed by atoms with E-state index in [0.717, 1.165) is 36.5 Å². The average molecular weight is 430 g/mol. The first-order valence-corrected chi connectivity index (χ1v) is 11.1. The minimum absolute atomic E-state index is 0.0231. The van der Waals surface area contributed by atoms with Gasteiger partial charge in [-0.15, -0.1) is 0 Å². The van der Waals surface area contributed by atoms with Crippen LogP contribution < -0.4 is 0 Å². The second-order valence-electron chi connectivity index (χ2n) is 8.82. The molecular weight excluding hydrogens is 401 g/mol. The number of carbonyl (C=O) groups is 1. The minimum atomic E-state index is -1.47. The lowest BCUT2D eigenvalue weighted by molar-refractivity contribution is -0.144. The third-order valence-electron chi connectivity index (χ3n) is 6.53. The van der Waals surface area contributed by atoms with Crippen LogP contribution in [0.3, 0.4) is 0 Å². The van der Waals surface area contributed by atoms with E-state index in [1.165, 1.54) is 12.8 Å². The van der Waals surface area contributed by atoms with Crippen molar-refractivity contribution < 1.29 is 9.18 Å². The van der Waals surface area contributed by atoms with E-state index in [4.69, 9.17) is 11.6 Å². The van der Waals surface area contributed by atoms with Crippen LogP contribution in [-0.4, -0.2) is 40.8 Å². The van der Waals surface area contributed by atoms with Crippen LogP contribution in [0.2, 0.25) is 5.02 Å². The highest BCUT2D eigenvalue weighted by molar-refractivity contribution is 6.31. The molecule has 1 aliphatic heterocycles. The smallest absolute Gasteiger partial charge is 0.226 e. The molecule has 1 aromatic carbocycles. The molecule has 30 heavy (non-hydrogen) atoms. The monoisotopic (exact) mass is 429 g/mol. The van der Waals surface area contributed by atoms with Crippen molar-refractivity contribution in [1.29, 1.82) is 0 Å². The summed E-state index contributed by atoms with van der Waals surface area (Å²) < 4.78 is 15.5. The molecule has 0 atom stereocenters. The van der Waals surface area contributed by atoms with Gasteiger partial charge < -0.3 is 4.90 Å². The standard InChI is InChI=1S/C24H29ClFN3O/c1-17-6-5-9-27-22(17)16-28(2)23(30)19-13-24(26,14-19)20-8-7-18(21(25)12-20)15-29-10-3-4-11-29/h5-9,12,19H,3-4,10-11,13-16H2,1-2H3. The van der Waals surface area contributed by atoms with Crippen molar-refractivity contribution >= 4 is 17.5 Å². The Morgan fingerprint density at radius 2 is 2.03 bits per heavy atom. The predicted octanol–water partition coefficient (Wildman–Crippen LogP) is 4.87. The van der Waals surface area contributed by atoms with Crippen molar-refractivity contribution in [1.82, 2.24) is 14.8 Å². The van der Waals surface area contributed by atoms with E-state index in [1.807, 2.05) is 31.2 Å². The molecule has 4 nitrogen and oxygen atoms in total. The fourth-order valence-electron chi connectivity index (χ4n) is 4.57. The maximum absolute atomic E-state index is 15.5. The van der Waals surface area contributed by atoms with E-state index in [1.54, 1.807) is 24.2 Å². The largest absolute Gasteiger partial charge is 0.340 e. The summed E-state index contributed by atoms with van der Waals surface area (Å²) in [5.41, 5.74) is 2.08. The van der Waals surface area contributed by atoms with E-state index in [0.29, 0.717) is 17.1 Å². The van der Waals surface area contributed by atoms with Crippen LogP contribution >= 0.6 is 11.6 Å². The van der Waals surface area contributed by atoms with Crippen LogP contribution in [0.25, 0.3) is 0 Å². The molecule has 2 aliphatic rings. The minimum Gasteiger partial charge on any atom is -0.340 e. The van der Waals surface area contributed by atoms with Crippen molar-refractivity contribution in [3.63, 3.8) is 0 Å². The zero-order chi connectivity index (χ0) is 21.3. The Morgan fingerprint density at radius 3 is 2.70 bits per heavy atom. The highest BCUT2D eigenvalue weighted by atomic mass is 35.5.